The van der Waals surface area contributed by atoms with Gasteiger partial charge in [-0.05, 0) is 231 Å². The van der Waals surface area contributed by atoms with E-state index in [1.165, 1.54) is 154 Å². The number of benzene rings is 13. The molecule has 3 heterocycles. The zero-order chi connectivity index (χ0) is 69.5. The summed E-state index contributed by atoms with van der Waals surface area (Å²) in [6.45, 7) is 24.8. The summed E-state index contributed by atoms with van der Waals surface area (Å²) >= 11 is 0. The van der Waals surface area contributed by atoms with E-state index in [0.717, 1.165) is 47.0 Å². The molecule has 7 aliphatic rings. The van der Waals surface area contributed by atoms with Gasteiger partial charge in [0.1, 0.15) is 0 Å². The minimum absolute atomic E-state index is 0.0538. The van der Waals surface area contributed by atoms with E-state index in [2.05, 4.69) is 368 Å². The molecular formula is C99H82N4. The van der Waals surface area contributed by atoms with Crippen LogP contribution >= 0.6 is 0 Å². The Balaban J connectivity index is 0.853. The smallest absolute Gasteiger partial charge is 0.0583 e. The molecule has 0 saturated heterocycles. The molecule has 0 N–H and O–H groups in total. The average molecular weight is 1330 g/mol. The number of nitrogens with zero attached hydrogens (tertiary/aromatic N) is 4. The second-order valence-corrected chi connectivity index (χ2v) is 33.3. The average Bonchev–Trinajstić information content (AvgIpc) is 1.55. The van der Waals surface area contributed by atoms with Gasteiger partial charge in [0.05, 0.1) is 22.8 Å². The number of rotatable bonds is 9. The van der Waals surface area contributed by atoms with Gasteiger partial charge in [0.25, 0.3) is 0 Å². The van der Waals surface area contributed by atoms with Gasteiger partial charge in [-0.15, -0.1) is 0 Å². The first kappa shape index (κ1) is 60.6. The van der Waals surface area contributed by atoms with E-state index in [-0.39, 0.29) is 22.3 Å². The van der Waals surface area contributed by atoms with Crippen LogP contribution in [0.5, 0.6) is 0 Å². The lowest BCUT2D eigenvalue weighted by atomic mass is 9.68. The van der Waals surface area contributed by atoms with Crippen molar-refractivity contribution in [3.05, 3.63) is 339 Å². The molecule has 498 valence electrons. The van der Waals surface area contributed by atoms with Gasteiger partial charge in [0.15, 0.2) is 0 Å². The zero-order valence-corrected chi connectivity index (χ0v) is 60.4. The summed E-state index contributed by atoms with van der Waals surface area (Å²) in [5.41, 5.74) is 32.2. The summed E-state index contributed by atoms with van der Waals surface area (Å²) in [4.78, 5) is 7.98. The maximum Gasteiger partial charge on any atom is 0.0583 e. The molecule has 0 amide bonds. The molecule has 0 saturated carbocycles. The van der Waals surface area contributed by atoms with E-state index in [1.54, 1.807) is 0 Å². The normalized spacial score (nSPS) is 18.4. The fourth-order valence-corrected chi connectivity index (χ4v) is 20.5. The molecule has 2 unspecified atom stereocenters. The van der Waals surface area contributed by atoms with Crippen LogP contribution < -0.4 is 25.1 Å². The highest BCUT2D eigenvalue weighted by Gasteiger charge is 2.48. The Hall–Kier alpha value is -11.2. The standard InChI is InChI=1S/C99H82N4/c1-95(2)82-32-20-17-29-74(82)77-44-41-68(52-85(77)95)100(65-38-35-59-23-11-14-26-62(59)47-65)71-50-80-81-51-72(101(66-39-36-60-24-12-15-27-63(60)48-66)69-42-45-78-75-30-18-21-33-83(75)96(3,4)86(78)53-69)56-89-93(81)103-92(80)88(55-71)98(7,8)90-57-73(58-91(94(90)103)99(89,9)10)102(67-40-37-61-25-13-16-28-64(61)49-67)70-43-46-79-76-31-19-22-34-84(76)97(5,6)87(79)54-70/h11-38,40-52,54-58,66,86H,39,53H2,1-10H3. The van der Waals surface area contributed by atoms with Gasteiger partial charge in [-0.25, -0.2) is 0 Å². The lowest BCUT2D eigenvalue weighted by molar-refractivity contribution is 0.404. The molecule has 5 aliphatic carbocycles. The number of fused-ring (bicyclic) bond motifs is 13. The lowest BCUT2D eigenvalue weighted by Crippen LogP contribution is -2.41. The van der Waals surface area contributed by atoms with Crippen molar-refractivity contribution in [2.45, 2.75) is 115 Å². The number of hydrogen-bond donors (Lipinski definition) is 0. The Labute approximate surface area is 604 Å². The third kappa shape index (κ3) is 8.35. The third-order valence-corrected chi connectivity index (χ3v) is 26.0. The van der Waals surface area contributed by atoms with Gasteiger partial charge >= 0.3 is 0 Å². The van der Waals surface area contributed by atoms with Crippen LogP contribution in [0.3, 0.4) is 0 Å². The molecule has 2 atom stereocenters. The Bertz CT molecular complexity index is 6330. The van der Waals surface area contributed by atoms with E-state index in [1.807, 2.05) is 0 Å². The Morgan fingerprint density at radius 2 is 0.748 bits per heavy atom. The lowest BCUT2D eigenvalue weighted by Gasteiger charge is -2.44. The molecule has 4 nitrogen and oxygen atoms in total. The summed E-state index contributed by atoms with van der Waals surface area (Å²) in [7, 11) is 0. The van der Waals surface area contributed by atoms with Crippen LogP contribution in [0.1, 0.15) is 138 Å². The molecule has 13 aromatic carbocycles. The summed E-state index contributed by atoms with van der Waals surface area (Å²) in [6, 6.07) is 98.6. The van der Waals surface area contributed by atoms with Gasteiger partial charge in [-0.2, -0.15) is 0 Å². The maximum absolute atomic E-state index is 2.79. The van der Waals surface area contributed by atoms with Gasteiger partial charge in [-0.1, -0.05) is 257 Å². The van der Waals surface area contributed by atoms with Crippen LogP contribution in [-0.2, 0) is 27.1 Å². The highest BCUT2D eigenvalue weighted by molar-refractivity contribution is 6.17. The summed E-state index contributed by atoms with van der Waals surface area (Å²) in [6.07, 6.45) is 11.9. The van der Waals surface area contributed by atoms with Crippen molar-refractivity contribution in [3.63, 3.8) is 0 Å². The van der Waals surface area contributed by atoms with Gasteiger partial charge < -0.3 is 19.3 Å². The fraction of sp³-hybridized carbons (Fsp3) is 0.192. The topological polar surface area (TPSA) is 14.7 Å². The highest BCUT2D eigenvalue weighted by Crippen LogP contribution is 2.62. The van der Waals surface area contributed by atoms with Gasteiger partial charge in [-0.3, -0.25) is 0 Å². The molecule has 0 fully saturated rings. The Morgan fingerprint density at radius 1 is 0.330 bits per heavy atom. The van der Waals surface area contributed by atoms with Crippen LogP contribution in [0.15, 0.2) is 273 Å². The maximum atomic E-state index is 2.79. The fourth-order valence-electron chi connectivity index (χ4n) is 20.5. The molecular weight excluding hydrogens is 1250 g/mol. The quantitative estimate of drug-likeness (QED) is 0.143. The first-order valence-corrected chi connectivity index (χ1v) is 37.3. The molecule has 4 heteroatoms. The predicted molar refractivity (Wildman–Crippen MR) is 434 cm³/mol. The zero-order valence-electron chi connectivity index (χ0n) is 60.4. The van der Waals surface area contributed by atoms with Crippen molar-refractivity contribution in [3.8, 4) is 27.9 Å². The van der Waals surface area contributed by atoms with E-state index >= 15 is 0 Å². The first-order valence-electron chi connectivity index (χ1n) is 37.3. The predicted octanol–water partition coefficient (Wildman–Crippen LogP) is 24.0. The minimum atomic E-state index is -0.517. The molecule has 103 heavy (non-hydrogen) atoms. The molecule has 2 aliphatic heterocycles. The molecule has 1 aromatic heterocycles. The third-order valence-electron chi connectivity index (χ3n) is 26.0. The van der Waals surface area contributed by atoms with Crippen LogP contribution in [0.4, 0.5) is 39.8 Å². The highest BCUT2D eigenvalue weighted by atomic mass is 15.2. The van der Waals surface area contributed by atoms with Crippen molar-refractivity contribution >= 4 is 101 Å². The SMILES string of the molecule is CC1(C)c2ccccc2-c2ccc(N(c3cc4c5c(c3)C(C)(C)c3cc(N(C6=CC=C7c8ccccc8C(C)(C)C7C6)C6C=c7ccccc7=CC6)cc6c7cc(N(c8ccc9c(c8)C(C)(C)c8ccccc8-9)c8ccc9ccccc9c8)cc(c7n-5c36)C4(C)C)c3ccc4ccccc4c3)cc21. The monoisotopic (exact) mass is 1330 g/mol. The van der Waals surface area contributed by atoms with E-state index in [4.69, 9.17) is 0 Å². The van der Waals surface area contributed by atoms with E-state index < -0.39 is 10.8 Å². The van der Waals surface area contributed by atoms with Crippen molar-refractivity contribution in [1.29, 1.82) is 0 Å². The van der Waals surface area contributed by atoms with Gasteiger partial charge in [0, 0.05) is 77.9 Å². The van der Waals surface area contributed by atoms with Crippen LogP contribution in [0.2, 0.25) is 0 Å². The number of aromatic nitrogens is 1. The molecule has 0 bridgehead atoms. The Morgan fingerprint density at radius 3 is 1.32 bits per heavy atom. The first-order chi connectivity index (χ1) is 49.8. The van der Waals surface area contributed by atoms with Crippen molar-refractivity contribution in [1.82, 2.24) is 4.57 Å². The Kier molecular flexibility index (Phi) is 12.3. The van der Waals surface area contributed by atoms with Crippen LogP contribution in [0.25, 0.3) is 89.0 Å². The summed E-state index contributed by atoms with van der Waals surface area (Å²) in [5, 5.41) is 10.0. The minimum Gasteiger partial charge on any atom is -0.338 e. The van der Waals surface area contributed by atoms with Crippen molar-refractivity contribution < 1.29 is 0 Å². The number of allylic oxidation sites excluding steroid dienone is 4. The second-order valence-electron chi connectivity index (χ2n) is 33.3. The molecule has 0 spiro atoms. The number of hydrogen-bond acceptors (Lipinski definition) is 3. The molecule has 21 rings (SSSR count). The summed E-state index contributed by atoms with van der Waals surface area (Å²) in [5.74, 6) is 0.315. The molecule has 14 aromatic rings. The van der Waals surface area contributed by atoms with Crippen LogP contribution in [-0.4, -0.2) is 10.6 Å². The largest absolute Gasteiger partial charge is 0.338 e. The second kappa shape index (κ2) is 21.0. The van der Waals surface area contributed by atoms with Crippen LogP contribution in [0, 0.1) is 5.92 Å². The summed E-state index contributed by atoms with van der Waals surface area (Å²) < 4.78 is 2.76. The van der Waals surface area contributed by atoms with E-state index in [9.17, 15) is 0 Å². The van der Waals surface area contributed by atoms with E-state index in [0.29, 0.717) is 5.92 Å². The van der Waals surface area contributed by atoms with Crippen molar-refractivity contribution in [2.24, 2.45) is 5.92 Å². The molecule has 0 radical (unpaired) electrons. The van der Waals surface area contributed by atoms with Crippen molar-refractivity contribution in [2.75, 3.05) is 14.7 Å². The van der Waals surface area contributed by atoms with Gasteiger partial charge in [0.2, 0.25) is 0 Å². The number of anilines is 7.